The van der Waals surface area contributed by atoms with Crippen LogP contribution in [0.1, 0.15) is 12.0 Å². The zero-order valence-corrected chi connectivity index (χ0v) is 11.8. The highest BCUT2D eigenvalue weighted by Gasteiger charge is 2.31. The maximum absolute atomic E-state index is 13.8. The molecule has 1 aliphatic rings. The van der Waals surface area contributed by atoms with Crippen LogP contribution in [0.25, 0.3) is 0 Å². The molecule has 1 saturated heterocycles. The first-order chi connectivity index (χ1) is 8.94. The van der Waals surface area contributed by atoms with Crippen LogP contribution in [0, 0.1) is 5.82 Å². The van der Waals surface area contributed by atoms with E-state index in [2.05, 4.69) is 0 Å². The van der Waals surface area contributed by atoms with Crippen molar-refractivity contribution in [2.24, 2.45) is 5.73 Å². The van der Waals surface area contributed by atoms with Gasteiger partial charge in [0.25, 0.3) is 0 Å². The minimum Gasteiger partial charge on any atom is -0.370 e. The highest BCUT2D eigenvalue weighted by molar-refractivity contribution is 7.91. The molecule has 0 bridgehead atoms. The van der Waals surface area contributed by atoms with E-state index in [0.29, 0.717) is 24.9 Å². The summed E-state index contributed by atoms with van der Waals surface area (Å²) < 4.78 is 36.9. The lowest BCUT2D eigenvalue weighted by molar-refractivity contribution is 0.599. The van der Waals surface area contributed by atoms with E-state index in [9.17, 15) is 12.8 Å². The third-order valence-electron chi connectivity index (χ3n) is 3.62. The number of anilines is 1. The zero-order valence-electron chi connectivity index (χ0n) is 11.0. The Morgan fingerprint density at radius 1 is 1.47 bits per heavy atom. The molecule has 19 heavy (non-hydrogen) atoms. The Morgan fingerprint density at radius 2 is 2.21 bits per heavy atom. The monoisotopic (exact) mass is 286 g/mol. The standard InChI is InChI=1S/C13H19FN2O2S/c1-16(10-6-8-19(17,18)9-10)13-4-2-3-12(14)11(13)5-7-15/h2-4,10H,5-9,15H2,1H3. The normalized spacial score (nSPS) is 21.5. The fourth-order valence-electron chi connectivity index (χ4n) is 2.55. The Bertz CT molecular complexity index is 560. The number of hydrogen-bond donors (Lipinski definition) is 1. The molecule has 0 amide bonds. The molecule has 0 aromatic heterocycles. The molecule has 0 radical (unpaired) electrons. The van der Waals surface area contributed by atoms with Crippen LogP contribution in [0.3, 0.4) is 0 Å². The molecule has 1 heterocycles. The van der Waals surface area contributed by atoms with Crippen molar-refractivity contribution in [3.05, 3.63) is 29.6 Å². The van der Waals surface area contributed by atoms with Crippen molar-refractivity contribution in [2.75, 3.05) is 30.0 Å². The number of nitrogens with zero attached hydrogens (tertiary/aromatic N) is 1. The van der Waals surface area contributed by atoms with Gasteiger partial charge in [0.15, 0.2) is 9.84 Å². The van der Waals surface area contributed by atoms with Gasteiger partial charge in [-0.3, -0.25) is 0 Å². The molecule has 0 spiro atoms. The van der Waals surface area contributed by atoms with Gasteiger partial charge < -0.3 is 10.6 Å². The van der Waals surface area contributed by atoms with E-state index in [1.165, 1.54) is 6.07 Å². The third kappa shape index (κ3) is 3.06. The number of rotatable bonds is 4. The van der Waals surface area contributed by atoms with Gasteiger partial charge in [0.05, 0.1) is 11.5 Å². The van der Waals surface area contributed by atoms with Crippen LogP contribution in [-0.2, 0) is 16.3 Å². The molecule has 4 nitrogen and oxygen atoms in total. The first kappa shape index (κ1) is 14.3. The van der Waals surface area contributed by atoms with E-state index < -0.39 is 9.84 Å². The van der Waals surface area contributed by atoms with Gasteiger partial charge in [-0.2, -0.15) is 0 Å². The fraction of sp³-hybridized carbons (Fsp3) is 0.538. The predicted octanol–water partition coefficient (Wildman–Crippen LogP) is 0.950. The van der Waals surface area contributed by atoms with Gasteiger partial charge in [0.2, 0.25) is 0 Å². The molecule has 0 aliphatic carbocycles. The number of hydrogen-bond acceptors (Lipinski definition) is 4. The summed E-state index contributed by atoms with van der Waals surface area (Å²) in [4.78, 5) is 1.87. The number of benzene rings is 1. The third-order valence-corrected chi connectivity index (χ3v) is 5.37. The van der Waals surface area contributed by atoms with E-state index in [0.717, 1.165) is 5.69 Å². The highest BCUT2D eigenvalue weighted by Crippen LogP contribution is 2.27. The van der Waals surface area contributed by atoms with Crippen LogP contribution in [0.2, 0.25) is 0 Å². The Morgan fingerprint density at radius 3 is 2.79 bits per heavy atom. The van der Waals surface area contributed by atoms with E-state index in [1.807, 2.05) is 18.0 Å². The summed E-state index contributed by atoms with van der Waals surface area (Å²) >= 11 is 0. The van der Waals surface area contributed by atoms with Gasteiger partial charge in [-0.15, -0.1) is 0 Å². The molecule has 1 aromatic carbocycles. The van der Waals surface area contributed by atoms with Crippen molar-refractivity contribution >= 4 is 15.5 Å². The van der Waals surface area contributed by atoms with Crippen molar-refractivity contribution in [1.82, 2.24) is 0 Å². The summed E-state index contributed by atoms with van der Waals surface area (Å²) in [6.07, 6.45) is 1.04. The summed E-state index contributed by atoms with van der Waals surface area (Å²) in [7, 11) is -1.12. The first-order valence-corrected chi connectivity index (χ1v) is 8.17. The van der Waals surface area contributed by atoms with Gasteiger partial charge in [-0.1, -0.05) is 6.07 Å². The Labute approximate surface area is 113 Å². The van der Waals surface area contributed by atoms with Crippen LogP contribution in [0.15, 0.2) is 18.2 Å². The molecule has 2 N–H and O–H groups in total. The molecule has 106 valence electrons. The maximum Gasteiger partial charge on any atom is 0.152 e. The molecule has 2 rings (SSSR count). The topological polar surface area (TPSA) is 63.4 Å². The first-order valence-electron chi connectivity index (χ1n) is 6.35. The summed E-state index contributed by atoms with van der Waals surface area (Å²) in [6.45, 7) is 0.366. The number of sulfone groups is 1. The molecule has 1 atom stereocenters. The molecule has 1 unspecified atom stereocenters. The molecule has 6 heteroatoms. The smallest absolute Gasteiger partial charge is 0.152 e. The van der Waals surface area contributed by atoms with Crippen molar-refractivity contribution in [2.45, 2.75) is 18.9 Å². The number of nitrogens with two attached hydrogens (primary N) is 1. The van der Waals surface area contributed by atoms with Crippen molar-refractivity contribution in [1.29, 1.82) is 0 Å². The van der Waals surface area contributed by atoms with E-state index in [-0.39, 0.29) is 23.4 Å². The van der Waals surface area contributed by atoms with Gasteiger partial charge in [-0.25, -0.2) is 12.8 Å². The largest absolute Gasteiger partial charge is 0.370 e. The van der Waals surface area contributed by atoms with Gasteiger partial charge in [0, 0.05) is 24.3 Å². The molecule has 1 aromatic rings. The molecular formula is C13H19FN2O2S. The lowest BCUT2D eigenvalue weighted by Gasteiger charge is -2.28. The Hall–Kier alpha value is -1.14. The predicted molar refractivity (Wildman–Crippen MR) is 74.6 cm³/mol. The average molecular weight is 286 g/mol. The summed E-state index contributed by atoms with van der Waals surface area (Å²) in [5, 5.41) is 0. The molecule has 0 saturated carbocycles. The van der Waals surface area contributed by atoms with Crippen LogP contribution >= 0.6 is 0 Å². The molecular weight excluding hydrogens is 267 g/mol. The van der Waals surface area contributed by atoms with E-state index in [4.69, 9.17) is 5.73 Å². The Balaban J connectivity index is 2.29. The quantitative estimate of drug-likeness (QED) is 0.895. The van der Waals surface area contributed by atoms with Crippen molar-refractivity contribution < 1.29 is 12.8 Å². The summed E-state index contributed by atoms with van der Waals surface area (Å²) in [5.41, 5.74) is 6.82. The highest BCUT2D eigenvalue weighted by atomic mass is 32.2. The lowest BCUT2D eigenvalue weighted by atomic mass is 10.1. The van der Waals surface area contributed by atoms with Crippen LogP contribution < -0.4 is 10.6 Å². The fourth-order valence-corrected chi connectivity index (χ4v) is 4.32. The van der Waals surface area contributed by atoms with Gasteiger partial charge in [-0.05, 0) is 31.5 Å². The lowest BCUT2D eigenvalue weighted by Crippen LogP contribution is -2.33. The second-order valence-corrected chi connectivity index (χ2v) is 7.17. The minimum absolute atomic E-state index is 0.0803. The van der Waals surface area contributed by atoms with E-state index in [1.54, 1.807) is 6.07 Å². The minimum atomic E-state index is -2.94. The second kappa shape index (κ2) is 5.46. The molecule has 1 aliphatic heterocycles. The van der Waals surface area contributed by atoms with E-state index >= 15 is 0 Å². The summed E-state index contributed by atoms with van der Waals surface area (Å²) in [6, 6.07) is 4.79. The molecule has 1 fully saturated rings. The zero-order chi connectivity index (χ0) is 14.0. The summed E-state index contributed by atoms with van der Waals surface area (Å²) in [5.74, 6) is 0.0710. The average Bonchev–Trinajstić information content (AvgIpc) is 2.72. The number of halogens is 1. The Kier molecular flexibility index (Phi) is 4.10. The van der Waals surface area contributed by atoms with Crippen LogP contribution in [0.5, 0.6) is 0 Å². The second-order valence-electron chi connectivity index (χ2n) is 4.94. The van der Waals surface area contributed by atoms with Gasteiger partial charge in [0.1, 0.15) is 5.82 Å². The van der Waals surface area contributed by atoms with Crippen LogP contribution in [0.4, 0.5) is 10.1 Å². The van der Waals surface area contributed by atoms with Crippen molar-refractivity contribution in [3.63, 3.8) is 0 Å². The van der Waals surface area contributed by atoms with Crippen molar-refractivity contribution in [3.8, 4) is 0 Å². The maximum atomic E-state index is 13.8. The van der Waals surface area contributed by atoms with Crippen LogP contribution in [-0.4, -0.2) is 39.6 Å². The SMILES string of the molecule is CN(c1cccc(F)c1CCN)C1CCS(=O)(=O)C1. The van der Waals surface area contributed by atoms with Gasteiger partial charge >= 0.3 is 0 Å².